The molecule has 5 rings (SSSR count). The Hall–Kier alpha value is -4.08. The minimum absolute atomic E-state index is 0.0852. The first-order valence-corrected chi connectivity index (χ1v) is 10.9. The SMILES string of the molecule is Cc1ccc(CNC(=O)c2cn3c(c(O)c2=O)C(=O)N2CCc4cc(F)c(F)cc4[C@H]3C2)c(F)c1. The third-order valence-electron chi connectivity index (χ3n) is 6.51. The Labute approximate surface area is 197 Å². The topological polar surface area (TPSA) is 91.6 Å². The monoisotopic (exact) mass is 483 g/mol. The lowest BCUT2D eigenvalue weighted by atomic mass is 9.97. The van der Waals surface area contributed by atoms with Crippen molar-refractivity contribution in [3.63, 3.8) is 0 Å². The molecule has 2 aliphatic heterocycles. The van der Waals surface area contributed by atoms with E-state index in [1.165, 1.54) is 21.6 Å². The van der Waals surface area contributed by atoms with Crippen molar-refractivity contribution in [3.05, 3.63) is 97.7 Å². The van der Waals surface area contributed by atoms with Crippen LogP contribution in [-0.4, -0.2) is 39.5 Å². The fourth-order valence-electron chi connectivity index (χ4n) is 4.66. The van der Waals surface area contributed by atoms with Crippen molar-refractivity contribution < 1.29 is 27.9 Å². The van der Waals surface area contributed by atoms with Crippen LogP contribution in [0.4, 0.5) is 13.2 Å². The van der Waals surface area contributed by atoms with E-state index in [1.54, 1.807) is 13.0 Å². The number of nitrogens with zero attached hydrogens (tertiary/aromatic N) is 2. The van der Waals surface area contributed by atoms with E-state index < -0.39 is 52.0 Å². The van der Waals surface area contributed by atoms with Crippen LogP contribution in [0.2, 0.25) is 0 Å². The molecule has 2 amide bonds. The molecule has 0 unspecified atom stereocenters. The second-order valence-corrected chi connectivity index (χ2v) is 8.74. The van der Waals surface area contributed by atoms with Crippen LogP contribution < -0.4 is 10.7 Å². The molecule has 0 fully saturated rings. The summed E-state index contributed by atoms with van der Waals surface area (Å²) in [6.45, 7) is 1.78. The van der Waals surface area contributed by atoms with Crippen LogP contribution in [0.5, 0.6) is 5.75 Å². The number of hydrogen-bond acceptors (Lipinski definition) is 4. The Morgan fingerprint density at radius 1 is 1.11 bits per heavy atom. The number of amides is 2. The summed E-state index contributed by atoms with van der Waals surface area (Å²) in [6, 6.07) is 5.83. The molecular formula is C25H20F3N3O4. The second kappa shape index (κ2) is 8.30. The van der Waals surface area contributed by atoms with E-state index >= 15 is 0 Å². The van der Waals surface area contributed by atoms with Crippen LogP contribution in [0.1, 0.15) is 49.1 Å². The van der Waals surface area contributed by atoms with Crippen LogP contribution in [-0.2, 0) is 13.0 Å². The summed E-state index contributed by atoms with van der Waals surface area (Å²) >= 11 is 0. The predicted octanol–water partition coefficient (Wildman–Crippen LogP) is 2.81. The van der Waals surface area contributed by atoms with Crippen molar-refractivity contribution in [1.29, 1.82) is 0 Å². The van der Waals surface area contributed by atoms with Gasteiger partial charge in [-0.25, -0.2) is 13.2 Å². The molecule has 7 nitrogen and oxygen atoms in total. The van der Waals surface area contributed by atoms with Gasteiger partial charge in [0.25, 0.3) is 11.8 Å². The molecule has 0 saturated heterocycles. The summed E-state index contributed by atoms with van der Waals surface area (Å²) in [6.07, 6.45) is 1.39. The number of carbonyl (C=O) groups is 2. The van der Waals surface area contributed by atoms with Crippen molar-refractivity contribution in [2.75, 3.05) is 13.1 Å². The van der Waals surface area contributed by atoms with Crippen LogP contribution >= 0.6 is 0 Å². The van der Waals surface area contributed by atoms with Gasteiger partial charge in [-0.1, -0.05) is 12.1 Å². The number of benzene rings is 2. The van der Waals surface area contributed by atoms with Crippen LogP contribution in [0, 0.1) is 24.4 Å². The molecular weight excluding hydrogens is 463 g/mol. The number of nitrogens with one attached hydrogen (secondary N) is 1. The number of fused-ring (bicyclic) bond motifs is 6. The fraction of sp³-hybridized carbons (Fsp3) is 0.240. The van der Waals surface area contributed by atoms with Crippen molar-refractivity contribution in [2.45, 2.75) is 25.9 Å². The quantitative estimate of drug-likeness (QED) is 0.600. The van der Waals surface area contributed by atoms with Crippen LogP contribution in [0.15, 0.2) is 41.3 Å². The summed E-state index contributed by atoms with van der Waals surface area (Å²) < 4.78 is 43.4. The molecule has 3 aromatic rings. The van der Waals surface area contributed by atoms with Gasteiger partial charge in [0.2, 0.25) is 5.43 Å². The van der Waals surface area contributed by atoms with Gasteiger partial charge >= 0.3 is 0 Å². The highest BCUT2D eigenvalue weighted by molar-refractivity contribution is 5.99. The Morgan fingerprint density at radius 2 is 1.86 bits per heavy atom. The molecule has 180 valence electrons. The average molecular weight is 483 g/mol. The summed E-state index contributed by atoms with van der Waals surface area (Å²) in [5.41, 5.74) is -0.0797. The Bertz CT molecular complexity index is 1470. The van der Waals surface area contributed by atoms with Crippen LogP contribution in [0.25, 0.3) is 0 Å². The average Bonchev–Trinajstić information content (AvgIpc) is 2.97. The molecule has 10 heteroatoms. The highest BCUT2D eigenvalue weighted by Crippen LogP contribution is 2.35. The standard InChI is InChI=1S/C25H20F3N3O4/c1-12-2-3-14(17(26)6-12)9-29-24(34)16-10-31-20-11-30(25(35)21(31)23(33)22(16)32)5-4-13-7-18(27)19(28)8-15(13)20/h2-3,6-8,10,20,33H,4-5,9,11H2,1H3,(H,29,34)/t20-/m1/s1. The highest BCUT2D eigenvalue weighted by atomic mass is 19.2. The summed E-state index contributed by atoms with van der Waals surface area (Å²) in [7, 11) is 0. The summed E-state index contributed by atoms with van der Waals surface area (Å²) in [5, 5.41) is 13.1. The van der Waals surface area contributed by atoms with Gasteiger partial charge in [0, 0.05) is 31.4 Å². The van der Waals surface area contributed by atoms with Gasteiger partial charge in [0.1, 0.15) is 11.4 Å². The van der Waals surface area contributed by atoms with Gasteiger partial charge < -0.3 is 19.9 Å². The third-order valence-corrected chi connectivity index (χ3v) is 6.51. The van der Waals surface area contributed by atoms with E-state index in [-0.39, 0.29) is 37.3 Å². The molecule has 3 heterocycles. The molecule has 1 atom stereocenters. The van der Waals surface area contributed by atoms with E-state index in [2.05, 4.69) is 5.32 Å². The Morgan fingerprint density at radius 3 is 2.60 bits per heavy atom. The minimum atomic E-state index is -1.07. The minimum Gasteiger partial charge on any atom is -0.503 e. The lowest BCUT2D eigenvalue weighted by Crippen LogP contribution is -2.45. The third kappa shape index (κ3) is 3.74. The molecule has 1 aromatic heterocycles. The number of aromatic nitrogens is 1. The zero-order chi connectivity index (χ0) is 25.0. The fourth-order valence-corrected chi connectivity index (χ4v) is 4.66. The Kier molecular flexibility index (Phi) is 5.38. The normalized spacial score (nSPS) is 16.4. The van der Waals surface area contributed by atoms with Gasteiger partial charge in [0.05, 0.1) is 6.04 Å². The van der Waals surface area contributed by atoms with Gasteiger partial charge in [-0.2, -0.15) is 0 Å². The van der Waals surface area contributed by atoms with E-state index in [0.29, 0.717) is 16.7 Å². The summed E-state index contributed by atoms with van der Waals surface area (Å²) in [5.74, 6) is -5.03. The molecule has 2 N–H and O–H groups in total. The molecule has 0 saturated carbocycles. The molecule has 0 aliphatic carbocycles. The van der Waals surface area contributed by atoms with E-state index in [4.69, 9.17) is 0 Å². The molecule has 2 aromatic carbocycles. The molecule has 0 spiro atoms. The maximum atomic E-state index is 14.1. The van der Waals surface area contributed by atoms with E-state index in [1.807, 2.05) is 0 Å². The second-order valence-electron chi connectivity index (χ2n) is 8.74. The highest BCUT2D eigenvalue weighted by Gasteiger charge is 2.38. The molecule has 0 radical (unpaired) electrons. The van der Waals surface area contributed by atoms with Gasteiger partial charge in [-0.3, -0.25) is 14.4 Å². The number of pyridine rings is 1. The zero-order valence-electron chi connectivity index (χ0n) is 18.6. The number of aromatic hydroxyl groups is 1. The molecule has 2 bridgehead atoms. The molecule has 35 heavy (non-hydrogen) atoms. The number of carbonyl (C=O) groups excluding carboxylic acids is 2. The maximum absolute atomic E-state index is 14.1. The van der Waals surface area contributed by atoms with Gasteiger partial charge in [-0.15, -0.1) is 0 Å². The number of rotatable bonds is 3. The van der Waals surface area contributed by atoms with Crippen molar-refractivity contribution in [3.8, 4) is 5.75 Å². The number of hydrogen-bond donors (Lipinski definition) is 2. The predicted molar refractivity (Wildman–Crippen MR) is 119 cm³/mol. The van der Waals surface area contributed by atoms with Gasteiger partial charge in [0.15, 0.2) is 23.1 Å². The lowest BCUT2D eigenvalue weighted by molar-refractivity contribution is 0.0686. The van der Waals surface area contributed by atoms with Crippen molar-refractivity contribution in [1.82, 2.24) is 14.8 Å². The van der Waals surface area contributed by atoms with Crippen molar-refractivity contribution >= 4 is 11.8 Å². The van der Waals surface area contributed by atoms with E-state index in [9.17, 15) is 32.7 Å². The maximum Gasteiger partial charge on any atom is 0.274 e. The largest absolute Gasteiger partial charge is 0.503 e. The van der Waals surface area contributed by atoms with Gasteiger partial charge in [-0.05, 0) is 48.2 Å². The first kappa shape index (κ1) is 22.7. The van der Waals surface area contributed by atoms with Crippen LogP contribution in [0.3, 0.4) is 0 Å². The Balaban J connectivity index is 1.57. The first-order valence-electron chi connectivity index (χ1n) is 10.9. The first-order chi connectivity index (χ1) is 16.7. The summed E-state index contributed by atoms with van der Waals surface area (Å²) in [4.78, 5) is 40.1. The number of aryl methyl sites for hydroxylation is 1. The van der Waals surface area contributed by atoms with E-state index in [0.717, 1.165) is 18.3 Å². The molecule has 2 aliphatic rings. The lowest BCUT2D eigenvalue weighted by Gasteiger charge is -2.35. The zero-order valence-corrected chi connectivity index (χ0v) is 18.6. The number of halogens is 3. The smallest absolute Gasteiger partial charge is 0.274 e. The van der Waals surface area contributed by atoms with Crippen molar-refractivity contribution in [2.24, 2.45) is 0 Å².